The molecule has 27 heavy (non-hydrogen) atoms. The lowest BCUT2D eigenvalue weighted by molar-refractivity contribution is -0.119. The van der Waals surface area contributed by atoms with Crippen LogP contribution in [-0.2, 0) is 24.7 Å². The molecule has 2 aromatic heterocycles. The Labute approximate surface area is 167 Å². The van der Waals surface area contributed by atoms with E-state index in [2.05, 4.69) is 33.8 Å². The summed E-state index contributed by atoms with van der Waals surface area (Å²) >= 11 is 3.09. The third kappa shape index (κ3) is 4.35. The van der Waals surface area contributed by atoms with Gasteiger partial charge < -0.3 is 9.88 Å². The third-order valence-corrected chi connectivity index (χ3v) is 7.30. The lowest BCUT2D eigenvalue weighted by Crippen LogP contribution is -2.41. The number of amides is 3. The average Bonchev–Trinajstić information content (AvgIpc) is 3.24. The molecule has 7 nitrogen and oxygen atoms in total. The summed E-state index contributed by atoms with van der Waals surface area (Å²) in [7, 11) is 3.38. The van der Waals surface area contributed by atoms with Crippen molar-refractivity contribution < 1.29 is 9.59 Å². The van der Waals surface area contributed by atoms with E-state index in [1.807, 2.05) is 11.6 Å². The van der Waals surface area contributed by atoms with E-state index >= 15 is 0 Å². The lowest BCUT2D eigenvalue weighted by atomic mass is 9.87. The number of urea groups is 1. The highest BCUT2D eigenvalue weighted by molar-refractivity contribution is 8.00. The van der Waals surface area contributed by atoms with E-state index in [1.54, 1.807) is 18.3 Å². The summed E-state index contributed by atoms with van der Waals surface area (Å²) in [6, 6.07) is 1.74. The number of thioether (sulfide) groups is 1. The first-order valence-corrected chi connectivity index (χ1v) is 10.8. The quantitative estimate of drug-likeness (QED) is 0.744. The second-order valence-electron chi connectivity index (χ2n) is 6.77. The van der Waals surface area contributed by atoms with Crippen LogP contribution in [0.25, 0.3) is 10.7 Å². The molecule has 2 aromatic rings. The SMILES string of the molecule is CC[C@H]1CCc2sc(-c3nnc(S[C@@H](C)C(=O)NC(=O)NC)n3C)cc2C1. The minimum atomic E-state index is -0.513. The molecule has 1 aliphatic carbocycles. The standard InChI is InChI=1S/C18H25N5O2S2/c1-5-11-6-7-13-12(8-11)9-14(27-13)15-21-22-18(23(15)4)26-10(2)16(24)20-17(25)19-3/h9-11H,5-8H2,1-4H3,(H2,19,20,24,25)/t10-,11-/m0/s1. The molecule has 0 unspecified atom stereocenters. The van der Waals surface area contributed by atoms with Gasteiger partial charge in [-0.2, -0.15) is 0 Å². The van der Waals surface area contributed by atoms with Crippen molar-refractivity contribution in [3.05, 3.63) is 16.5 Å². The first kappa shape index (κ1) is 19.9. The van der Waals surface area contributed by atoms with Crippen LogP contribution >= 0.6 is 23.1 Å². The van der Waals surface area contributed by atoms with Crippen LogP contribution in [0.5, 0.6) is 0 Å². The maximum atomic E-state index is 12.0. The van der Waals surface area contributed by atoms with E-state index in [0.29, 0.717) is 5.16 Å². The van der Waals surface area contributed by atoms with Gasteiger partial charge in [-0.1, -0.05) is 25.1 Å². The van der Waals surface area contributed by atoms with Gasteiger partial charge in [0.05, 0.1) is 10.1 Å². The fraction of sp³-hybridized carbons (Fsp3) is 0.556. The number of nitrogens with one attached hydrogen (secondary N) is 2. The molecule has 1 aliphatic rings. The zero-order chi connectivity index (χ0) is 19.6. The van der Waals surface area contributed by atoms with Crippen LogP contribution in [0.3, 0.4) is 0 Å². The van der Waals surface area contributed by atoms with Crippen LogP contribution in [0.4, 0.5) is 4.79 Å². The van der Waals surface area contributed by atoms with Crippen LogP contribution in [0.2, 0.25) is 0 Å². The van der Waals surface area contributed by atoms with Crippen LogP contribution in [0, 0.1) is 5.92 Å². The summed E-state index contributed by atoms with van der Waals surface area (Å²) in [5, 5.41) is 13.5. The molecule has 2 atom stereocenters. The number of imide groups is 1. The Morgan fingerprint density at radius 3 is 2.93 bits per heavy atom. The number of hydrogen-bond acceptors (Lipinski definition) is 6. The molecule has 0 saturated carbocycles. The Morgan fingerprint density at radius 1 is 1.44 bits per heavy atom. The summed E-state index contributed by atoms with van der Waals surface area (Å²) in [4.78, 5) is 25.9. The fourth-order valence-electron chi connectivity index (χ4n) is 3.18. The highest BCUT2D eigenvalue weighted by atomic mass is 32.2. The van der Waals surface area contributed by atoms with Crippen LogP contribution in [-0.4, -0.2) is 39.0 Å². The Hall–Kier alpha value is -1.87. The molecule has 0 spiro atoms. The van der Waals surface area contributed by atoms with Crippen molar-refractivity contribution in [1.82, 2.24) is 25.4 Å². The Morgan fingerprint density at radius 2 is 2.22 bits per heavy atom. The van der Waals surface area contributed by atoms with Gasteiger partial charge in [-0.3, -0.25) is 10.1 Å². The Balaban J connectivity index is 1.73. The van der Waals surface area contributed by atoms with Crippen molar-refractivity contribution in [2.24, 2.45) is 13.0 Å². The van der Waals surface area contributed by atoms with Crippen molar-refractivity contribution in [2.45, 2.75) is 49.9 Å². The highest BCUT2D eigenvalue weighted by Gasteiger charge is 2.24. The van der Waals surface area contributed by atoms with E-state index < -0.39 is 11.3 Å². The van der Waals surface area contributed by atoms with Crippen molar-refractivity contribution >= 4 is 35.0 Å². The first-order chi connectivity index (χ1) is 12.9. The monoisotopic (exact) mass is 407 g/mol. The predicted octanol–water partition coefficient (Wildman–Crippen LogP) is 2.99. The zero-order valence-electron chi connectivity index (χ0n) is 16.0. The topological polar surface area (TPSA) is 88.9 Å². The number of aryl methyl sites for hydroxylation is 1. The van der Waals surface area contributed by atoms with E-state index in [4.69, 9.17) is 0 Å². The number of carbonyl (C=O) groups excluding carboxylic acids is 2. The molecule has 0 aromatic carbocycles. The molecule has 0 fully saturated rings. The van der Waals surface area contributed by atoms with E-state index in [-0.39, 0.29) is 5.91 Å². The van der Waals surface area contributed by atoms with Gasteiger partial charge in [0.15, 0.2) is 11.0 Å². The Bertz CT molecular complexity index is 845. The number of fused-ring (bicyclic) bond motifs is 1. The summed E-state index contributed by atoms with van der Waals surface area (Å²) in [5.41, 5.74) is 1.45. The summed E-state index contributed by atoms with van der Waals surface area (Å²) in [6.07, 6.45) is 4.79. The van der Waals surface area contributed by atoms with Crippen molar-refractivity contribution in [3.8, 4) is 10.7 Å². The van der Waals surface area contributed by atoms with Gasteiger partial charge in [-0.15, -0.1) is 21.5 Å². The number of hydrogen-bond donors (Lipinski definition) is 2. The third-order valence-electron chi connectivity index (χ3n) is 4.93. The van der Waals surface area contributed by atoms with Crippen molar-refractivity contribution in [3.63, 3.8) is 0 Å². The molecule has 0 saturated heterocycles. The zero-order valence-corrected chi connectivity index (χ0v) is 17.7. The van der Waals surface area contributed by atoms with Gasteiger partial charge in [0, 0.05) is 19.0 Å². The number of nitrogens with zero attached hydrogens (tertiary/aromatic N) is 3. The van der Waals surface area contributed by atoms with Gasteiger partial charge >= 0.3 is 6.03 Å². The molecule has 0 bridgehead atoms. The van der Waals surface area contributed by atoms with Gasteiger partial charge in [0.25, 0.3) is 0 Å². The second kappa shape index (κ2) is 8.43. The van der Waals surface area contributed by atoms with Crippen molar-refractivity contribution in [1.29, 1.82) is 0 Å². The van der Waals surface area contributed by atoms with Crippen LogP contribution in [0.15, 0.2) is 11.2 Å². The molecule has 2 heterocycles. The maximum absolute atomic E-state index is 12.0. The second-order valence-corrected chi connectivity index (χ2v) is 9.21. The lowest BCUT2D eigenvalue weighted by Gasteiger charge is -2.19. The van der Waals surface area contributed by atoms with Gasteiger partial charge in [-0.05, 0) is 43.7 Å². The summed E-state index contributed by atoms with van der Waals surface area (Å²) in [6.45, 7) is 4.00. The molecule has 0 radical (unpaired) electrons. The van der Waals surface area contributed by atoms with E-state index in [1.165, 1.54) is 42.1 Å². The fourth-order valence-corrected chi connectivity index (χ4v) is 5.22. The first-order valence-electron chi connectivity index (χ1n) is 9.13. The summed E-state index contributed by atoms with van der Waals surface area (Å²) in [5.74, 6) is 1.25. The van der Waals surface area contributed by atoms with Gasteiger partial charge in [-0.25, -0.2) is 4.79 Å². The van der Waals surface area contributed by atoms with Crippen LogP contribution in [0.1, 0.15) is 37.1 Å². The average molecular weight is 408 g/mol. The predicted molar refractivity (Wildman–Crippen MR) is 108 cm³/mol. The minimum Gasteiger partial charge on any atom is -0.341 e. The number of carbonyl (C=O) groups is 2. The van der Waals surface area contributed by atoms with E-state index in [0.717, 1.165) is 29.5 Å². The normalized spacial score (nSPS) is 17.3. The number of thiophene rings is 1. The molecule has 0 aliphatic heterocycles. The highest BCUT2D eigenvalue weighted by Crippen LogP contribution is 2.38. The summed E-state index contributed by atoms with van der Waals surface area (Å²) < 4.78 is 1.92. The van der Waals surface area contributed by atoms with Gasteiger partial charge in [0.2, 0.25) is 5.91 Å². The smallest absolute Gasteiger partial charge is 0.321 e. The maximum Gasteiger partial charge on any atom is 0.321 e. The van der Waals surface area contributed by atoms with Crippen LogP contribution < -0.4 is 10.6 Å². The van der Waals surface area contributed by atoms with Gasteiger partial charge in [0.1, 0.15) is 0 Å². The van der Waals surface area contributed by atoms with E-state index in [9.17, 15) is 9.59 Å². The molecular formula is C18H25N5O2S2. The minimum absolute atomic E-state index is 0.360. The Kier molecular flexibility index (Phi) is 6.21. The largest absolute Gasteiger partial charge is 0.341 e. The molecule has 9 heteroatoms. The number of rotatable bonds is 5. The molecular weight excluding hydrogens is 382 g/mol. The molecule has 3 amide bonds. The molecule has 3 rings (SSSR count). The molecule has 2 N–H and O–H groups in total. The molecule has 146 valence electrons. The number of aromatic nitrogens is 3. The van der Waals surface area contributed by atoms with Crippen molar-refractivity contribution in [2.75, 3.05) is 7.05 Å².